The first-order valence-electron chi connectivity index (χ1n) is 11.6. The number of benzene rings is 1. The Morgan fingerprint density at radius 1 is 1.11 bits per heavy atom. The van der Waals surface area contributed by atoms with Gasteiger partial charge in [-0.3, -0.25) is 15.2 Å². The van der Waals surface area contributed by atoms with Crippen molar-refractivity contribution < 1.29 is 9.53 Å². The van der Waals surface area contributed by atoms with Gasteiger partial charge in [-0.15, -0.1) is 0 Å². The van der Waals surface area contributed by atoms with Gasteiger partial charge >= 0.3 is 0 Å². The number of Topliss-reactive ketones (excluding diaryl/α,β-unsaturated/α-hetero) is 1. The molecular weight excluding hydrogens is 458 g/mol. The maximum absolute atomic E-state index is 12.8. The monoisotopic (exact) mass is 481 g/mol. The molecule has 11 heteroatoms. The van der Waals surface area contributed by atoms with Gasteiger partial charge in [-0.25, -0.2) is 4.98 Å². The first-order valence-corrected chi connectivity index (χ1v) is 11.6. The standard InChI is InChI=1S/C25H23N9O2/c35-21(20-7-3-4-8-26-20)15-34-16-28-22-23(30-25(31-24(22)34)33-9-11-36-12-10-33)32-29-14-17-13-27-19-6-2-1-5-18(17)19/h1-8,13-14,16,27H,9-12,15H2,(H,30,31,32). The molecule has 0 spiro atoms. The van der Waals surface area contributed by atoms with Crippen LogP contribution in [0.15, 0.2) is 66.3 Å². The summed E-state index contributed by atoms with van der Waals surface area (Å²) in [5, 5.41) is 5.51. The number of rotatable bonds is 7. The van der Waals surface area contributed by atoms with Crippen LogP contribution in [0.3, 0.4) is 0 Å². The number of morpholine rings is 1. The van der Waals surface area contributed by atoms with Crippen LogP contribution in [-0.4, -0.2) is 67.8 Å². The lowest BCUT2D eigenvalue weighted by Gasteiger charge is -2.27. The van der Waals surface area contributed by atoms with Crippen molar-refractivity contribution in [1.82, 2.24) is 29.5 Å². The highest BCUT2D eigenvalue weighted by molar-refractivity contribution is 5.99. The van der Waals surface area contributed by atoms with Crippen molar-refractivity contribution in [2.45, 2.75) is 6.54 Å². The van der Waals surface area contributed by atoms with E-state index >= 15 is 0 Å². The van der Waals surface area contributed by atoms with Gasteiger partial charge in [0, 0.05) is 41.9 Å². The molecule has 0 saturated carbocycles. The van der Waals surface area contributed by atoms with Crippen LogP contribution in [-0.2, 0) is 11.3 Å². The molecule has 11 nitrogen and oxygen atoms in total. The Morgan fingerprint density at radius 2 is 1.97 bits per heavy atom. The van der Waals surface area contributed by atoms with E-state index in [4.69, 9.17) is 14.7 Å². The van der Waals surface area contributed by atoms with Gasteiger partial charge < -0.3 is 19.2 Å². The highest BCUT2D eigenvalue weighted by Crippen LogP contribution is 2.24. The summed E-state index contributed by atoms with van der Waals surface area (Å²) < 4.78 is 7.20. The largest absolute Gasteiger partial charge is 0.378 e. The molecule has 5 aromatic rings. The molecular formula is C25H23N9O2. The molecule has 0 bridgehead atoms. The van der Waals surface area contributed by atoms with Gasteiger partial charge in [-0.1, -0.05) is 24.3 Å². The number of anilines is 2. The summed E-state index contributed by atoms with van der Waals surface area (Å²) in [6.07, 6.45) is 6.84. The summed E-state index contributed by atoms with van der Waals surface area (Å²) in [5.74, 6) is 0.859. The molecule has 0 aliphatic carbocycles. The van der Waals surface area contributed by atoms with Crippen LogP contribution in [0.4, 0.5) is 11.8 Å². The van der Waals surface area contributed by atoms with Crippen molar-refractivity contribution in [2.75, 3.05) is 36.6 Å². The number of carbonyl (C=O) groups is 1. The fourth-order valence-electron chi connectivity index (χ4n) is 4.16. The molecule has 36 heavy (non-hydrogen) atoms. The molecule has 180 valence electrons. The smallest absolute Gasteiger partial charge is 0.229 e. The van der Waals surface area contributed by atoms with E-state index in [1.54, 1.807) is 41.5 Å². The van der Waals surface area contributed by atoms with Crippen molar-refractivity contribution in [3.63, 3.8) is 0 Å². The zero-order valence-electron chi connectivity index (χ0n) is 19.3. The average molecular weight is 482 g/mol. The van der Waals surface area contributed by atoms with Crippen molar-refractivity contribution in [1.29, 1.82) is 0 Å². The number of imidazole rings is 1. The van der Waals surface area contributed by atoms with Gasteiger partial charge in [0.1, 0.15) is 5.69 Å². The van der Waals surface area contributed by atoms with Gasteiger partial charge in [0.2, 0.25) is 11.7 Å². The van der Waals surface area contributed by atoms with E-state index in [-0.39, 0.29) is 12.3 Å². The van der Waals surface area contributed by atoms with Gasteiger partial charge in [-0.2, -0.15) is 15.1 Å². The normalized spacial score (nSPS) is 14.2. The van der Waals surface area contributed by atoms with Gasteiger partial charge in [-0.05, 0) is 18.2 Å². The maximum Gasteiger partial charge on any atom is 0.229 e. The van der Waals surface area contributed by atoms with Crippen LogP contribution in [0.25, 0.3) is 22.1 Å². The highest BCUT2D eigenvalue weighted by atomic mass is 16.5. The Kier molecular flexibility index (Phi) is 5.80. The number of aromatic nitrogens is 6. The van der Waals surface area contributed by atoms with Crippen LogP contribution >= 0.6 is 0 Å². The fourth-order valence-corrected chi connectivity index (χ4v) is 4.16. The molecule has 0 unspecified atom stereocenters. The number of carbonyl (C=O) groups excluding carboxylic acids is 1. The topological polar surface area (TPSA) is 126 Å². The molecule has 1 aliphatic rings. The molecule has 1 fully saturated rings. The predicted molar refractivity (Wildman–Crippen MR) is 136 cm³/mol. The Labute approximate surface area is 205 Å². The van der Waals surface area contributed by atoms with Gasteiger partial charge in [0.15, 0.2) is 17.0 Å². The summed E-state index contributed by atoms with van der Waals surface area (Å²) in [7, 11) is 0. The van der Waals surface area contributed by atoms with Crippen molar-refractivity contribution in [3.8, 4) is 0 Å². The number of fused-ring (bicyclic) bond motifs is 2. The third kappa shape index (κ3) is 4.27. The summed E-state index contributed by atoms with van der Waals surface area (Å²) in [4.78, 5) is 36.2. The minimum atomic E-state index is -0.131. The second-order valence-electron chi connectivity index (χ2n) is 8.31. The minimum Gasteiger partial charge on any atom is -0.378 e. The molecule has 5 heterocycles. The third-order valence-corrected chi connectivity index (χ3v) is 6.01. The SMILES string of the molecule is O=C(Cn1cnc2c(NN=Cc3c[nH]c4ccccc34)nc(N3CCOCC3)nc21)c1ccccn1. The number of aromatic amines is 1. The third-order valence-electron chi connectivity index (χ3n) is 6.01. The second kappa shape index (κ2) is 9.55. The van der Waals surface area contributed by atoms with E-state index in [2.05, 4.69) is 30.4 Å². The number of hydrogen-bond donors (Lipinski definition) is 2. The second-order valence-corrected chi connectivity index (χ2v) is 8.31. The predicted octanol–water partition coefficient (Wildman–Crippen LogP) is 2.87. The Hall–Kier alpha value is -4.64. The van der Waals surface area contributed by atoms with Crippen LogP contribution < -0.4 is 10.3 Å². The number of nitrogens with one attached hydrogen (secondary N) is 2. The lowest BCUT2D eigenvalue weighted by molar-refractivity contribution is 0.0968. The zero-order chi connectivity index (χ0) is 24.3. The van der Waals surface area contributed by atoms with E-state index in [9.17, 15) is 4.79 Å². The molecule has 1 aliphatic heterocycles. The van der Waals surface area contributed by atoms with E-state index in [1.807, 2.05) is 30.5 Å². The summed E-state index contributed by atoms with van der Waals surface area (Å²) in [5.41, 5.74) is 6.48. The maximum atomic E-state index is 12.8. The number of ketones is 1. The number of hydrazone groups is 1. The number of nitrogens with zero attached hydrogens (tertiary/aromatic N) is 7. The fraction of sp³-hybridized carbons (Fsp3) is 0.200. The molecule has 1 saturated heterocycles. The molecule has 0 atom stereocenters. The number of H-pyrrole nitrogens is 1. The van der Waals surface area contributed by atoms with Crippen LogP contribution in [0.5, 0.6) is 0 Å². The number of hydrogen-bond acceptors (Lipinski definition) is 9. The van der Waals surface area contributed by atoms with Crippen LogP contribution in [0.2, 0.25) is 0 Å². The van der Waals surface area contributed by atoms with E-state index in [0.717, 1.165) is 16.5 Å². The Morgan fingerprint density at radius 3 is 2.83 bits per heavy atom. The van der Waals surface area contributed by atoms with Crippen LogP contribution in [0, 0.1) is 0 Å². The first-order chi connectivity index (χ1) is 17.8. The summed E-state index contributed by atoms with van der Waals surface area (Å²) in [6, 6.07) is 13.3. The van der Waals surface area contributed by atoms with Crippen molar-refractivity contribution >= 4 is 45.8 Å². The number of ether oxygens (including phenoxy) is 1. The lowest BCUT2D eigenvalue weighted by atomic mass is 10.2. The van der Waals surface area contributed by atoms with Crippen LogP contribution in [0.1, 0.15) is 16.1 Å². The summed E-state index contributed by atoms with van der Waals surface area (Å²) >= 11 is 0. The molecule has 2 N–H and O–H groups in total. The van der Waals surface area contributed by atoms with E-state index in [0.29, 0.717) is 54.9 Å². The van der Waals surface area contributed by atoms with Crippen molar-refractivity contribution in [3.05, 3.63) is 72.4 Å². The summed E-state index contributed by atoms with van der Waals surface area (Å²) in [6.45, 7) is 2.60. The highest BCUT2D eigenvalue weighted by Gasteiger charge is 2.20. The number of para-hydroxylation sites is 1. The van der Waals surface area contributed by atoms with E-state index < -0.39 is 0 Å². The Bertz CT molecular complexity index is 1550. The quantitative estimate of drug-likeness (QED) is 0.206. The average Bonchev–Trinajstić information content (AvgIpc) is 3.54. The molecule has 0 radical (unpaired) electrons. The van der Waals surface area contributed by atoms with Crippen molar-refractivity contribution in [2.24, 2.45) is 5.10 Å². The lowest BCUT2D eigenvalue weighted by Crippen LogP contribution is -2.37. The molecule has 1 aromatic carbocycles. The minimum absolute atomic E-state index is 0.0606. The molecule has 6 rings (SSSR count). The van der Waals surface area contributed by atoms with E-state index in [1.165, 1.54) is 0 Å². The number of pyridine rings is 1. The van der Waals surface area contributed by atoms with Gasteiger partial charge in [0.05, 0.1) is 32.3 Å². The van der Waals surface area contributed by atoms with Gasteiger partial charge in [0.25, 0.3) is 0 Å². The zero-order valence-corrected chi connectivity index (χ0v) is 19.3. The molecule has 4 aromatic heterocycles. The first kappa shape index (κ1) is 21.9. The Balaban J connectivity index is 1.34. The molecule has 0 amide bonds.